The number of nitrogens with one attached hydrogen (secondary N) is 2. The number of hydrogen-bond acceptors (Lipinski definition) is 6. The minimum absolute atomic E-state index is 0.261. The molecular formula is C11H13N5O2. The summed E-state index contributed by atoms with van der Waals surface area (Å²) >= 11 is 0. The van der Waals surface area contributed by atoms with Crippen molar-refractivity contribution in [2.75, 3.05) is 11.9 Å². The van der Waals surface area contributed by atoms with Crippen LogP contribution in [0.4, 0.5) is 5.82 Å². The first-order valence-electron chi connectivity index (χ1n) is 5.53. The second-order valence-electron chi connectivity index (χ2n) is 3.49. The lowest BCUT2D eigenvalue weighted by molar-refractivity contribution is 0.0945. The molecule has 0 aliphatic rings. The van der Waals surface area contributed by atoms with Gasteiger partial charge in [-0.3, -0.25) is 9.78 Å². The third kappa shape index (κ3) is 3.03. The molecule has 1 amide bonds. The van der Waals surface area contributed by atoms with Gasteiger partial charge in [-0.1, -0.05) is 5.16 Å². The van der Waals surface area contributed by atoms with Crippen molar-refractivity contribution in [3.63, 3.8) is 0 Å². The normalized spacial score (nSPS) is 10.1. The van der Waals surface area contributed by atoms with E-state index in [-0.39, 0.29) is 11.6 Å². The summed E-state index contributed by atoms with van der Waals surface area (Å²) in [7, 11) is 0. The van der Waals surface area contributed by atoms with E-state index in [1.54, 1.807) is 12.3 Å². The zero-order chi connectivity index (χ0) is 12.8. The summed E-state index contributed by atoms with van der Waals surface area (Å²) in [5, 5.41) is 9.36. The minimum Gasteiger partial charge on any atom is -0.369 e. The average Bonchev–Trinajstić information content (AvgIpc) is 2.90. The molecule has 0 aromatic carbocycles. The van der Waals surface area contributed by atoms with Gasteiger partial charge in [-0.2, -0.15) is 0 Å². The Bertz CT molecular complexity index is 512. The summed E-state index contributed by atoms with van der Waals surface area (Å²) in [6.45, 7) is 2.96. The van der Waals surface area contributed by atoms with Gasteiger partial charge >= 0.3 is 0 Å². The Hall–Kier alpha value is -2.44. The Balaban J connectivity index is 1.97. The van der Waals surface area contributed by atoms with Crippen LogP contribution in [0.5, 0.6) is 0 Å². The molecule has 94 valence electrons. The van der Waals surface area contributed by atoms with Crippen molar-refractivity contribution in [3.05, 3.63) is 36.1 Å². The molecular weight excluding hydrogens is 234 g/mol. The highest BCUT2D eigenvalue weighted by Crippen LogP contribution is 2.02. The average molecular weight is 247 g/mol. The largest absolute Gasteiger partial charge is 0.369 e. The first-order valence-corrected chi connectivity index (χ1v) is 5.53. The van der Waals surface area contributed by atoms with Gasteiger partial charge in [-0.05, 0) is 6.92 Å². The molecule has 0 bridgehead atoms. The second kappa shape index (κ2) is 5.76. The van der Waals surface area contributed by atoms with Crippen LogP contribution in [0.25, 0.3) is 0 Å². The fourth-order valence-corrected chi connectivity index (χ4v) is 1.33. The summed E-state index contributed by atoms with van der Waals surface area (Å²) < 4.78 is 4.66. The third-order valence-electron chi connectivity index (χ3n) is 2.15. The highest BCUT2D eigenvalue weighted by molar-refractivity contribution is 5.92. The van der Waals surface area contributed by atoms with Gasteiger partial charge in [-0.15, -0.1) is 0 Å². The van der Waals surface area contributed by atoms with E-state index in [9.17, 15) is 4.79 Å². The number of carbonyl (C=O) groups excluding carboxylic acids is 1. The third-order valence-corrected chi connectivity index (χ3v) is 2.15. The number of carbonyl (C=O) groups is 1. The highest BCUT2D eigenvalue weighted by Gasteiger charge is 2.09. The van der Waals surface area contributed by atoms with E-state index in [4.69, 9.17) is 0 Å². The Labute approximate surface area is 104 Å². The molecule has 0 unspecified atom stereocenters. The van der Waals surface area contributed by atoms with Crippen LogP contribution in [0, 0.1) is 0 Å². The lowest BCUT2D eigenvalue weighted by atomic mass is 10.4. The van der Waals surface area contributed by atoms with E-state index < -0.39 is 0 Å². The summed E-state index contributed by atoms with van der Waals surface area (Å²) in [5.41, 5.74) is 0.913. The van der Waals surface area contributed by atoms with Crippen LogP contribution in [-0.2, 0) is 6.54 Å². The molecule has 7 heteroatoms. The highest BCUT2D eigenvalue weighted by atomic mass is 16.5. The van der Waals surface area contributed by atoms with Gasteiger partial charge in [0.1, 0.15) is 23.5 Å². The SMILES string of the molecule is CCNc1cncc(C(=O)NCc2ccon2)n1. The molecule has 2 N–H and O–H groups in total. The van der Waals surface area contributed by atoms with Crippen molar-refractivity contribution in [2.45, 2.75) is 13.5 Å². The van der Waals surface area contributed by atoms with Gasteiger partial charge in [0.2, 0.25) is 0 Å². The molecule has 0 saturated carbocycles. The predicted molar refractivity (Wildman–Crippen MR) is 63.9 cm³/mol. The number of amides is 1. The maximum absolute atomic E-state index is 11.8. The molecule has 7 nitrogen and oxygen atoms in total. The summed E-state index contributed by atoms with van der Waals surface area (Å²) in [4.78, 5) is 19.9. The van der Waals surface area contributed by atoms with Crippen LogP contribution in [-0.4, -0.2) is 27.6 Å². The van der Waals surface area contributed by atoms with Crippen LogP contribution in [0.1, 0.15) is 23.1 Å². The van der Waals surface area contributed by atoms with Gasteiger partial charge < -0.3 is 15.2 Å². The lowest BCUT2D eigenvalue weighted by Gasteiger charge is -2.05. The van der Waals surface area contributed by atoms with E-state index in [1.807, 2.05) is 6.92 Å². The number of aromatic nitrogens is 3. The van der Waals surface area contributed by atoms with Gasteiger partial charge in [0.15, 0.2) is 0 Å². The molecule has 0 radical (unpaired) electrons. The molecule has 0 aliphatic carbocycles. The van der Waals surface area contributed by atoms with Gasteiger partial charge in [0, 0.05) is 12.6 Å². The first-order chi connectivity index (χ1) is 8.79. The van der Waals surface area contributed by atoms with Gasteiger partial charge in [0.25, 0.3) is 5.91 Å². The van der Waals surface area contributed by atoms with Crippen LogP contribution >= 0.6 is 0 Å². The number of anilines is 1. The van der Waals surface area contributed by atoms with Crippen LogP contribution < -0.4 is 10.6 Å². The quantitative estimate of drug-likeness (QED) is 0.812. The predicted octanol–water partition coefficient (Wildman–Crippen LogP) is 0.826. The molecule has 2 heterocycles. The molecule has 0 aliphatic heterocycles. The van der Waals surface area contributed by atoms with Crippen molar-refractivity contribution in [3.8, 4) is 0 Å². The number of nitrogens with zero attached hydrogens (tertiary/aromatic N) is 3. The van der Waals surface area contributed by atoms with Crippen molar-refractivity contribution >= 4 is 11.7 Å². The van der Waals surface area contributed by atoms with Crippen LogP contribution in [0.2, 0.25) is 0 Å². The van der Waals surface area contributed by atoms with Gasteiger partial charge in [0.05, 0.1) is 18.9 Å². The molecule has 0 fully saturated rings. The topological polar surface area (TPSA) is 92.9 Å². The Morgan fingerprint density at radius 2 is 2.33 bits per heavy atom. The molecule has 2 aromatic heterocycles. The molecule has 0 atom stereocenters. The van der Waals surface area contributed by atoms with Crippen molar-refractivity contribution in [1.29, 1.82) is 0 Å². The minimum atomic E-state index is -0.301. The molecule has 0 saturated heterocycles. The van der Waals surface area contributed by atoms with E-state index in [0.717, 1.165) is 6.54 Å². The number of rotatable bonds is 5. The van der Waals surface area contributed by atoms with Crippen molar-refractivity contribution in [1.82, 2.24) is 20.4 Å². The first kappa shape index (κ1) is 12.0. The van der Waals surface area contributed by atoms with E-state index >= 15 is 0 Å². The second-order valence-corrected chi connectivity index (χ2v) is 3.49. The molecule has 2 aromatic rings. The smallest absolute Gasteiger partial charge is 0.271 e. The monoisotopic (exact) mass is 247 g/mol. The molecule has 18 heavy (non-hydrogen) atoms. The number of hydrogen-bond donors (Lipinski definition) is 2. The Morgan fingerprint density at radius 1 is 1.44 bits per heavy atom. The zero-order valence-corrected chi connectivity index (χ0v) is 9.88. The van der Waals surface area contributed by atoms with Crippen LogP contribution in [0.3, 0.4) is 0 Å². The summed E-state index contributed by atoms with van der Waals surface area (Å²) in [6, 6.07) is 1.68. The fourth-order valence-electron chi connectivity index (χ4n) is 1.33. The Kier molecular flexibility index (Phi) is 3.85. The maximum atomic E-state index is 11.8. The van der Waals surface area contributed by atoms with Crippen LogP contribution in [0.15, 0.2) is 29.2 Å². The molecule has 0 spiro atoms. The van der Waals surface area contributed by atoms with E-state index in [1.165, 1.54) is 12.5 Å². The van der Waals surface area contributed by atoms with Crippen molar-refractivity contribution in [2.24, 2.45) is 0 Å². The van der Waals surface area contributed by atoms with Crippen molar-refractivity contribution < 1.29 is 9.32 Å². The summed E-state index contributed by atoms with van der Waals surface area (Å²) in [5.74, 6) is 0.275. The van der Waals surface area contributed by atoms with E-state index in [0.29, 0.717) is 18.1 Å². The van der Waals surface area contributed by atoms with Gasteiger partial charge in [-0.25, -0.2) is 4.98 Å². The molecule has 2 rings (SSSR count). The fraction of sp³-hybridized carbons (Fsp3) is 0.273. The summed E-state index contributed by atoms with van der Waals surface area (Å²) in [6.07, 6.45) is 4.43. The standard InChI is InChI=1S/C11H13N5O2/c1-2-13-10-7-12-6-9(15-10)11(17)14-5-8-3-4-18-16-8/h3-4,6-7H,2,5H2,1H3,(H,13,15)(H,14,17). The van der Waals surface area contributed by atoms with E-state index in [2.05, 4.69) is 30.3 Å². The lowest BCUT2D eigenvalue weighted by Crippen LogP contribution is -2.24. The zero-order valence-electron chi connectivity index (χ0n) is 9.88. The Morgan fingerprint density at radius 3 is 3.06 bits per heavy atom. The maximum Gasteiger partial charge on any atom is 0.271 e.